The topological polar surface area (TPSA) is 46.6 Å². The summed E-state index contributed by atoms with van der Waals surface area (Å²) < 4.78 is 5.17. The van der Waals surface area contributed by atoms with Crippen LogP contribution in [-0.2, 0) is 11.3 Å². The number of imide groups is 1. The minimum atomic E-state index is -0.384. The van der Waals surface area contributed by atoms with Crippen molar-refractivity contribution < 1.29 is 14.3 Å². The van der Waals surface area contributed by atoms with Crippen LogP contribution < -0.4 is 4.74 Å². The first-order valence-electron chi connectivity index (χ1n) is 9.24. The number of carbonyl (C=O) groups is 2. The molecule has 0 aromatic heterocycles. The highest BCUT2D eigenvalue weighted by molar-refractivity contribution is 6.43. The maximum Gasteiger partial charge on any atom is 0.261 e. The maximum atomic E-state index is 13.4. The zero-order valence-corrected chi connectivity index (χ0v) is 17.6. The summed E-state index contributed by atoms with van der Waals surface area (Å²) in [5.74, 6) is -0.0112. The van der Waals surface area contributed by atoms with Gasteiger partial charge in [0.15, 0.2) is 0 Å². The van der Waals surface area contributed by atoms with Gasteiger partial charge in [0.2, 0.25) is 0 Å². The van der Waals surface area contributed by atoms with Gasteiger partial charge in [0, 0.05) is 11.1 Å². The number of amides is 2. The lowest BCUT2D eigenvalue weighted by Crippen LogP contribution is -2.41. The van der Waals surface area contributed by atoms with E-state index in [1.807, 2.05) is 12.1 Å². The minimum Gasteiger partial charge on any atom is -0.497 e. The van der Waals surface area contributed by atoms with E-state index in [-0.39, 0.29) is 18.4 Å². The standard InChI is InChI=1S/C24H17Cl2NO3/c1-30-17-11-9-15(10-12-17)14-27-23(28)19-7-3-2-6-18(19)20(24(27)29)13-16-5-4-8-21(25)22(16)26/h2-13H,14H2,1H3. The van der Waals surface area contributed by atoms with Crippen LogP contribution in [0.4, 0.5) is 0 Å². The number of ether oxygens (including phenoxy) is 1. The summed E-state index contributed by atoms with van der Waals surface area (Å²) in [6.07, 6.45) is 1.68. The fraction of sp³-hybridized carbons (Fsp3) is 0.0833. The first-order valence-corrected chi connectivity index (χ1v) is 9.99. The summed E-state index contributed by atoms with van der Waals surface area (Å²) in [5, 5.41) is 0.754. The van der Waals surface area contributed by atoms with Crippen LogP contribution in [0.1, 0.15) is 27.0 Å². The number of methoxy groups -OCH3 is 1. The molecule has 0 unspecified atom stereocenters. The van der Waals surface area contributed by atoms with E-state index in [0.717, 1.165) is 5.56 Å². The van der Waals surface area contributed by atoms with Crippen LogP contribution in [0.3, 0.4) is 0 Å². The van der Waals surface area contributed by atoms with Gasteiger partial charge in [-0.2, -0.15) is 0 Å². The molecule has 4 rings (SSSR count). The monoisotopic (exact) mass is 437 g/mol. The van der Waals surface area contributed by atoms with Gasteiger partial charge in [-0.05, 0) is 47.0 Å². The molecule has 2 amide bonds. The van der Waals surface area contributed by atoms with E-state index in [0.29, 0.717) is 38.1 Å². The molecule has 1 aliphatic rings. The highest BCUT2D eigenvalue weighted by Gasteiger charge is 2.34. The van der Waals surface area contributed by atoms with Gasteiger partial charge in [0.1, 0.15) is 5.75 Å². The lowest BCUT2D eigenvalue weighted by Gasteiger charge is -2.29. The van der Waals surface area contributed by atoms with Gasteiger partial charge in [0.05, 0.1) is 23.7 Å². The van der Waals surface area contributed by atoms with Crippen molar-refractivity contribution in [2.24, 2.45) is 0 Å². The van der Waals surface area contributed by atoms with Crippen LogP contribution in [0.5, 0.6) is 5.75 Å². The quantitative estimate of drug-likeness (QED) is 0.386. The number of carbonyl (C=O) groups excluding carboxylic acids is 2. The van der Waals surface area contributed by atoms with Gasteiger partial charge < -0.3 is 4.74 Å². The van der Waals surface area contributed by atoms with Crippen LogP contribution >= 0.6 is 23.2 Å². The number of benzene rings is 3. The van der Waals surface area contributed by atoms with Gasteiger partial charge in [-0.1, -0.05) is 65.7 Å². The summed E-state index contributed by atoms with van der Waals surface area (Å²) in [5.41, 5.74) is 2.87. The smallest absolute Gasteiger partial charge is 0.261 e. The van der Waals surface area contributed by atoms with Crippen LogP contribution in [0, 0.1) is 0 Å². The van der Waals surface area contributed by atoms with Gasteiger partial charge >= 0.3 is 0 Å². The summed E-state index contributed by atoms with van der Waals surface area (Å²) in [6.45, 7) is 0.149. The Morgan fingerprint density at radius 1 is 0.867 bits per heavy atom. The van der Waals surface area contributed by atoms with E-state index >= 15 is 0 Å². The summed E-state index contributed by atoms with van der Waals surface area (Å²) in [6, 6.07) is 19.5. The van der Waals surface area contributed by atoms with E-state index in [9.17, 15) is 9.59 Å². The average molecular weight is 438 g/mol. The normalized spacial score (nSPS) is 14.8. The van der Waals surface area contributed by atoms with Gasteiger partial charge in [0.25, 0.3) is 11.8 Å². The Labute approximate surface area is 184 Å². The molecule has 3 aromatic rings. The number of rotatable bonds is 4. The summed E-state index contributed by atoms with van der Waals surface area (Å²) in [4.78, 5) is 27.7. The van der Waals surface area contributed by atoms with Gasteiger partial charge in [-0.3, -0.25) is 14.5 Å². The molecule has 1 heterocycles. The Hall–Kier alpha value is -3.08. The summed E-state index contributed by atoms with van der Waals surface area (Å²) >= 11 is 12.5. The average Bonchev–Trinajstić information content (AvgIpc) is 2.77. The van der Waals surface area contributed by atoms with E-state index in [2.05, 4.69) is 0 Å². The highest BCUT2D eigenvalue weighted by atomic mass is 35.5. The van der Waals surface area contributed by atoms with E-state index in [1.165, 1.54) is 4.90 Å². The van der Waals surface area contributed by atoms with E-state index < -0.39 is 0 Å². The summed E-state index contributed by atoms with van der Waals surface area (Å²) in [7, 11) is 1.58. The van der Waals surface area contributed by atoms with E-state index in [4.69, 9.17) is 27.9 Å². The molecule has 30 heavy (non-hydrogen) atoms. The van der Waals surface area contributed by atoms with Crippen molar-refractivity contribution in [3.05, 3.63) is 99.0 Å². The SMILES string of the molecule is COc1ccc(CN2C(=O)C(=Cc3cccc(Cl)c3Cl)c3ccccc3C2=O)cc1. The van der Waals surface area contributed by atoms with Crippen molar-refractivity contribution >= 4 is 46.7 Å². The fourth-order valence-electron chi connectivity index (χ4n) is 3.39. The van der Waals surface area contributed by atoms with Crippen molar-refractivity contribution in [3.63, 3.8) is 0 Å². The molecule has 0 atom stereocenters. The third-order valence-electron chi connectivity index (χ3n) is 4.95. The molecule has 4 nitrogen and oxygen atoms in total. The van der Waals surface area contributed by atoms with Crippen molar-refractivity contribution in [2.75, 3.05) is 7.11 Å². The largest absolute Gasteiger partial charge is 0.497 e. The number of nitrogens with zero attached hydrogens (tertiary/aromatic N) is 1. The van der Waals surface area contributed by atoms with Gasteiger partial charge in [-0.15, -0.1) is 0 Å². The third kappa shape index (κ3) is 3.72. The molecule has 0 saturated carbocycles. The second-order valence-corrected chi connectivity index (χ2v) is 7.58. The molecular formula is C24H17Cl2NO3. The van der Waals surface area contributed by atoms with Crippen molar-refractivity contribution in [3.8, 4) is 5.75 Å². The molecule has 0 bridgehead atoms. The second-order valence-electron chi connectivity index (χ2n) is 6.79. The predicted molar refractivity (Wildman–Crippen MR) is 119 cm³/mol. The molecule has 6 heteroatoms. The van der Waals surface area contributed by atoms with E-state index in [1.54, 1.807) is 67.8 Å². The number of fused-ring (bicyclic) bond motifs is 1. The van der Waals surface area contributed by atoms with Crippen molar-refractivity contribution in [1.82, 2.24) is 4.90 Å². The predicted octanol–water partition coefficient (Wildman–Crippen LogP) is 5.73. The Kier molecular flexibility index (Phi) is 5.62. The van der Waals surface area contributed by atoms with Crippen LogP contribution in [0.2, 0.25) is 10.0 Å². The van der Waals surface area contributed by atoms with Gasteiger partial charge in [-0.25, -0.2) is 0 Å². The highest BCUT2D eigenvalue weighted by Crippen LogP contribution is 2.34. The fourth-order valence-corrected chi connectivity index (χ4v) is 3.75. The molecular weight excluding hydrogens is 421 g/mol. The molecule has 0 N–H and O–H groups in total. The zero-order chi connectivity index (χ0) is 21.3. The zero-order valence-electron chi connectivity index (χ0n) is 16.1. The Balaban J connectivity index is 1.79. The minimum absolute atomic E-state index is 0.149. The lowest BCUT2D eigenvalue weighted by molar-refractivity contribution is -0.123. The number of hydrogen-bond donors (Lipinski definition) is 0. The van der Waals surface area contributed by atoms with Crippen LogP contribution in [0.25, 0.3) is 11.6 Å². The molecule has 0 saturated heterocycles. The maximum absolute atomic E-state index is 13.4. The van der Waals surface area contributed by atoms with Crippen LogP contribution in [-0.4, -0.2) is 23.8 Å². The Morgan fingerprint density at radius 3 is 2.27 bits per heavy atom. The molecule has 0 radical (unpaired) electrons. The molecule has 150 valence electrons. The molecule has 0 fully saturated rings. The van der Waals surface area contributed by atoms with Crippen molar-refractivity contribution in [2.45, 2.75) is 6.54 Å². The molecule has 0 aliphatic carbocycles. The molecule has 1 aliphatic heterocycles. The van der Waals surface area contributed by atoms with Crippen molar-refractivity contribution in [1.29, 1.82) is 0 Å². The molecule has 3 aromatic carbocycles. The molecule has 0 spiro atoms. The number of halogens is 2. The second kappa shape index (κ2) is 8.34. The first kappa shape index (κ1) is 20.2. The Morgan fingerprint density at radius 2 is 1.57 bits per heavy atom. The number of hydrogen-bond acceptors (Lipinski definition) is 3. The Bertz CT molecular complexity index is 1170. The first-order chi connectivity index (χ1) is 14.5. The lowest BCUT2D eigenvalue weighted by atomic mass is 9.91. The third-order valence-corrected chi connectivity index (χ3v) is 5.78. The van der Waals surface area contributed by atoms with Crippen LogP contribution in [0.15, 0.2) is 66.7 Å².